The Morgan fingerprint density at radius 3 is 3.05 bits per heavy atom. The van der Waals surface area contributed by atoms with Crippen molar-refractivity contribution in [1.29, 1.82) is 0 Å². The largest absolute Gasteiger partial charge is 0.444 e. The van der Waals surface area contributed by atoms with Gasteiger partial charge in [-0.15, -0.1) is 0 Å². The number of hydrogen-bond acceptors (Lipinski definition) is 4. The van der Waals surface area contributed by atoms with Gasteiger partial charge in [0.2, 0.25) is 0 Å². The molecule has 1 amide bonds. The molecule has 0 saturated heterocycles. The lowest BCUT2D eigenvalue weighted by Gasteiger charge is -2.00. The minimum atomic E-state index is -0.297. The lowest BCUT2D eigenvalue weighted by molar-refractivity contribution is 0.0994. The van der Waals surface area contributed by atoms with Crippen molar-refractivity contribution in [2.45, 2.75) is 13.5 Å². The second-order valence-electron chi connectivity index (χ2n) is 4.00. The zero-order chi connectivity index (χ0) is 13.8. The van der Waals surface area contributed by atoms with E-state index in [2.05, 4.69) is 26.3 Å². The van der Waals surface area contributed by atoms with Crippen molar-refractivity contribution in [2.24, 2.45) is 0 Å². The number of aryl methyl sites for hydroxylation is 1. The number of rotatable bonds is 5. The molecule has 1 N–H and O–H groups in total. The zero-order valence-electron chi connectivity index (χ0n) is 10.6. The first-order chi connectivity index (χ1) is 9.10. The van der Waals surface area contributed by atoms with Gasteiger partial charge in [-0.25, -0.2) is 0 Å². The van der Waals surface area contributed by atoms with Crippen LogP contribution >= 0.6 is 15.9 Å². The molecule has 102 valence electrons. The summed E-state index contributed by atoms with van der Waals surface area (Å²) in [4.78, 5) is 12.0. The van der Waals surface area contributed by atoms with Crippen molar-refractivity contribution < 1.29 is 13.9 Å². The molecule has 2 rings (SSSR count). The summed E-state index contributed by atoms with van der Waals surface area (Å²) < 4.78 is 12.5. The van der Waals surface area contributed by atoms with Crippen LogP contribution in [0, 0.1) is 6.92 Å². The van der Waals surface area contributed by atoms with E-state index in [-0.39, 0.29) is 11.7 Å². The fourth-order valence-electron chi connectivity index (χ4n) is 1.59. The topological polar surface area (TPSA) is 69.3 Å². The molecule has 0 aliphatic heterocycles. The zero-order valence-corrected chi connectivity index (χ0v) is 12.2. The van der Waals surface area contributed by atoms with Gasteiger partial charge in [0.1, 0.15) is 0 Å². The predicted octanol–water partition coefficient (Wildman–Crippen LogP) is 2.45. The van der Waals surface area contributed by atoms with Crippen LogP contribution in [-0.2, 0) is 11.3 Å². The lowest BCUT2D eigenvalue weighted by Crippen LogP contribution is -2.11. The molecule has 0 spiro atoms. The van der Waals surface area contributed by atoms with Gasteiger partial charge in [0.15, 0.2) is 10.4 Å². The van der Waals surface area contributed by atoms with Gasteiger partial charge in [0.05, 0.1) is 25.0 Å². The molecule has 6 nitrogen and oxygen atoms in total. The van der Waals surface area contributed by atoms with Crippen molar-refractivity contribution >= 4 is 27.5 Å². The molecule has 0 bridgehead atoms. The Labute approximate surface area is 118 Å². The molecule has 0 radical (unpaired) electrons. The second kappa shape index (κ2) is 6.03. The quantitative estimate of drug-likeness (QED) is 0.915. The van der Waals surface area contributed by atoms with Gasteiger partial charge in [0.25, 0.3) is 5.91 Å². The maximum Gasteiger partial charge on any atom is 0.291 e. The Morgan fingerprint density at radius 2 is 2.42 bits per heavy atom. The molecule has 19 heavy (non-hydrogen) atoms. The third kappa shape index (κ3) is 3.45. The number of aromatic nitrogens is 2. The summed E-state index contributed by atoms with van der Waals surface area (Å²) in [5, 5.41) is 6.84. The third-order valence-corrected chi connectivity index (χ3v) is 2.90. The van der Waals surface area contributed by atoms with Crippen LogP contribution in [0.5, 0.6) is 0 Å². The maximum atomic E-state index is 12.0. The van der Waals surface area contributed by atoms with E-state index in [1.54, 1.807) is 30.3 Å². The summed E-state index contributed by atoms with van der Waals surface area (Å²) in [6, 6.07) is 1.75. The van der Waals surface area contributed by atoms with Crippen LogP contribution in [0.3, 0.4) is 0 Å². The molecule has 2 aromatic rings. The molecule has 0 aliphatic carbocycles. The smallest absolute Gasteiger partial charge is 0.291 e. The summed E-state index contributed by atoms with van der Waals surface area (Å²) >= 11 is 3.19. The minimum Gasteiger partial charge on any atom is -0.444 e. The standard InChI is InChI=1S/C12H14BrN3O3/c1-8-5-10(13)19-11(8)12(17)15-9-6-14-16(7-9)3-4-18-2/h5-7H,3-4H2,1-2H3,(H,15,17). The highest BCUT2D eigenvalue weighted by Gasteiger charge is 2.15. The van der Waals surface area contributed by atoms with E-state index >= 15 is 0 Å². The van der Waals surface area contributed by atoms with E-state index in [1.165, 1.54) is 0 Å². The molecule has 0 fully saturated rings. The van der Waals surface area contributed by atoms with Crippen molar-refractivity contribution in [3.05, 3.63) is 34.5 Å². The number of anilines is 1. The highest BCUT2D eigenvalue weighted by molar-refractivity contribution is 9.10. The van der Waals surface area contributed by atoms with Crippen LogP contribution in [0.15, 0.2) is 27.5 Å². The van der Waals surface area contributed by atoms with E-state index in [0.717, 1.165) is 5.56 Å². The lowest BCUT2D eigenvalue weighted by atomic mass is 10.2. The molecule has 2 heterocycles. The van der Waals surface area contributed by atoms with E-state index in [4.69, 9.17) is 9.15 Å². The molecular weight excluding hydrogens is 314 g/mol. The number of ether oxygens (including phenoxy) is 1. The molecule has 0 aliphatic rings. The van der Waals surface area contributed by atoms with Crippen molar-refractivity contribution in [2.75, 3.05) is 19.0 Å². The number of carbonyl (C=O) groups is 1. The summed E-state index contributed by atoms with van der Waals surface area (Å²) in [6.07, 6.45) is 3.32. The van der Waals surface area contributed by atoms with E-state index in [1.807, 2.05) is 6.92 Å². The van der Waals surface area contributed by atoms with Crippen molar-refractivity contribution in [3.8, 4) is 0 Å². The summed E-state index contributed by atoms with van der Waals surface area (Å²) in [5.74, 6) is -0.00833. The number of nitrogens with zero attached hydrogens (tertiary/aromatic N) is 2. The van der Waals surface area contributed by atoms with Crippen molar-refractivity contribution in [3.63, 3.8) is 0 Å². The van der Waals surface area contributed by atoms with Gasteiger partial charge in [-0.2, -0.15) is 5.10 Å². The van der Waals surface area contributed by atoms with Crippen LogP contribution in [0.1, 0.15) is 16.1 Å². The fourth-order valence-corrected chi connectivity index (χ4v) is 2.10. The van der Waals surface area contributed by atoms with Gasteiger partial charge in [-0.05, 0) is 28.9 Å². The molecule has 0 unspecified atom stereocenters. The highest BCUT2D eigenvalue weighted by Crippen LogP contribution is 2.20. The molecule has 2 aromatic heterocycles. The normalized spacial score (nSPS) is 10.7. The Kier molecular flexibility index (Phi) is 4.39. The van der Waals surface area contributed by atoms with Crippen LogP contribution < -0.4 is 5.32 Å². The summed E-state index contributed by atoms with van der Waals surface area (Å²) in [5.41, 5.74) is 1.39. The maximum absolute atomic E-state index is 12.0. The predicted molar refractivity (Wildman–Crippen MR) is 73.2 cm³/mol. The van der Waals surface area contributed by atoms with E-state index < -0.39 is 0 Å². The minimum absolute atomic E-state index is 0.288. The van der Waals surface area contributed by atoms with Crippen LogP contribution in [0.2, 0.25) is 0 Å². The number of hydrogen-bond donors (Lipinski definition) is 1. The molecule has 7 heteroatoms. The number of amides is 1. The van der Waals surface area contributed by atoms with Crippen LogP contribution in [0.4, 0.5) is 5.69 Å². The molecule has 0 saturated carbocycles. The van der Waals surface area contributed by atoms with Gasteiger partial charge in [-0.3, -0.25) is 9.48 Å². The van der Waals surface area contributed by atoms with Crippen molar-refractivity contribution in [1.82, 2.24) is 9.78 Å². The Balaban J connectivity index is 2.02. The Morgan fingerprint density at radius 1 is 1.63 bits per heavy atom. The average Bonchev–Trinajstić information content (AvgIpc) is 2.93. The van der Waals surface area contributed by atoms with Gasteiger partial charge >= 0.3 is 0 Å². The van der Waals surface area contributed by atoms with E-state index in [0.29, 0.717) is 23.5 Å². The number of nitrogens with one attached hydrogen (secondary N) is 1. The average molecular weight is 328 g/mol. The van der Waals surface area contributed by atoms with E-state index in [9.17, 15) is 4.79 Å². The number of halogens is 1. The number of methoxy groups -OCH3 is 1. The Bertz CT molecular complexity index is 577. The second-order valence-corrected chi connectivity index (χ2v) is 4.78. The first-order valence-corrected chi connectivity index (χ1v) is 6.48. The first-order valence-electron chi connectivity index (χ1n) is 5.69. The summed E-state index contributed by atoms with van der Waals surface area (Å²) in [7, 11) is 1.63. The summed E-state index contributed by atoms with van der Waals surface area (Å²) in [6.45, 7) is 3.02. The van der Waals surface area contributed by atoms with Crippen LogP contribution in [-0.4, -0.2) is 29.4 Å². The van der Waals surface area contributed by atoms with Crippen LogP contribution in [0.25, 0.3) is 0 Å². The SMILES string of the molecule is COCCn1cc(NC(=O)c2oc(Br)cc2C)cn1. The highest BCUT2D eigenvalue weighted by atomic mass is 79.9. The monoisotopic (exact) mass is 327 g/mol. The number of carbonyl (C=O) groups excluding carboxylic acids is 1. The first kappa shape index (κ1) is 13.8. The Hall–Kier alpha value is -1.60. The van der Waals surface area contributed by atoms with Gasteiger partial charge < -0.3 is 14.5 Å². The fraction of sp³-hybridized carbons (Fsp3) is 0.333. The van der Waals surface area contributed by atoms with Gasteiger partial charge in [0, 0.05) is 18.9 Å². The molecular formula is C12H14BrN3O3. The number of furan rings is 1. The molecule has 0 aromatic carbocycles. The third-order valence-electron chi connectivity index (χ3n) is 2.51. The van der Waals surface area contributed by atoms with Gasteiger partial charge in [-0.1, -0.05) is 0 Å². The molecule has 0 atom stereocenters.